The number of carbonyl (C=O) groups is 1. The van der Waals surface area contributed by atoms with E-state index in [9.17, 15) is 4.79 Å². The van der Waals surface area contributed by atoms with Gasteiger partial charge in [0.25, 0.3) is 0 Å². The summed E-state index contributed by atoms with van der Waals surface area (Å²) in [6.45, 7) is 2.40. The first-order chi connectivity index (χ1) is 13.0. The molecule has 2 atom stereocenters. The highest BCUT2D eigenvalue weighted by molar-refractivity contribution is 6.32. The molecule has 0 bridgehead atoms. The molecule has 4 N–H and O–H groups in total. The van der Waals surface area contributed by atoms with Gasteiger partial charge in [-0.25, -0.2) is 9.37 Å². The lowest BCUT2D eigenvalue weighted by molar-refractivity contribution is -0.109. The first kappa shape index (κ1) is 19.4. The van der Waals surface area contributed by atoms with Crippen LogP contribution in [-0.2, 0) is 4.79 Å². The van der Waals surface area contributed by atoms with Gasteiger partial charge in [-0.05, 0) is 43.9 Å². The van der Waals surface area contributed by atoms with Crippen LogP contribution < -0.4 is 21.1 Å². The van der Waals surface area contributed by atoms with E-state index in [1.54, 1.807) is 24.3 Å². The second-order valence-corrected chi connectivity index (χ2v) is 7.12. The van der Waals surface area contributed by atoms with Crippen LogP contribution in [-0.4, -0.2) is 24.0 Å². The first-order valence-electron chi connectivity index (χ1n) is 8.80. The Hall–Kier alpha value is -2.38. The quantitative estimate of drug-likeness (QED) is 0.569. The molecule has 1 heterocycles. The van der Waals surface area contributed by atoms with Gasteiger partial charge < -0.3 is 21.1 Å². The zero-order chi connectivity index (χ0) is 19.4. The SMILES string of the molecule is C[C@@H](CNC=O)N[C@@H](c1ccc(Cl)c(Oc2ccc(N)nc2)c1F)C1CC1. The first-order valence-corrected chi connectivity index (χ1v) is 9.17. The van der Waals surface area contributed by atoms with Crippen LogP contribution in [0.15, 0.2) is 30.5 Å². The van der Waals surface area contributed by atoms with E-state index in [1.807, 2.05) is 6.92 Å². The minimum Gasteiger partial charge on any atom is -0.451 e. The molecule has 144 valence electrons. The maximum atomic E-state index is 15.3. The number of nitrogens with one attached hydrogen (secondary N) is 2. The summed E-state index contributed by atoms with van der Waals surface area (Å²) in [6, 6.07) is 6.29. The fourth-order valence-corrected chi connectivity index (χ4v) is 3.14. The Morgan fingerprint density at radius 3 is 2.81 bits per heavy atom. The number of anilines is 1. The monoisotopic (exact) mass is 392 g/mol. The van der Waals surface area contributed by atoms with E-state index in [0.29, 0.717) is 36.0 Å². The van der Waals surface area contributed by atoms with Crippen molar-refractivity contribution in [3.63, 3.8) is 0 Å². The van der Waals surface area contributed by atoms with Crippen molar-refractivity contribution < 1.29 is 13.9 Å². The average molecular weight is 393 g/mol. The number of ether oxygens (including phenoxy) is 1. The minimum absolute atomic E-state index is 0.0125. The van der Waals surface area contributed by atoms with Crippen molar-refractivity contribution in [2.24, 2.45) is 5.92 Å². The molecule has 0 saturated heterocycles. The molecule has 8 heteroatoms. The maximum absolute atomic E-state index is 15.3. The Balaban J connectivity index is 1.85. The number of nitrogen functional groups attached to an aromatic ring is 1. The van der Waals surface area contributed by atoms with E-state index in [0.717, 1.165) is 12.8 Å². The molecule has 1 saturated carbocycles. The number of hydrogen-bond acceptors (Lipinski definition) is 5. The Morgan fingerprint density at radius 2 is 2.19 bits per heavy atom. The molecule has 0 radical (unpaired) electrons. The molecule has 1 aromatic carbocycles. The van der Waals surface area contributed by atoms with E-state index in [4.69, 9.17) is 22.1 Å². The Kier molecular flexibility index (Phi) is 6.13. The van der Waals surface area contributed by atoms with Crippen LogP contribution in [0.4, 0.5) is 10.2 Å². The van der Waals surface area contributed by atoms with Gasteiger partial charge in [-0.1, -0.05) is 17.7 Å². The van der Waals surface area contributed by atoms with E-state index in [2.05, 4.69) is 15.6 Å². The van der Waals surface area contributed by atoms with Gasteiger partial charge in [-0.15, -0.1) is 0 Å². The molecule has 0 aliphatic heterocycles. The summed E-state index contributed by atoms with van der Waals surface area (Å²) in [6.07, 6.45) is 4.11. The van der Waals surface area contributed by atoms with Gasteiger partial charge in [-0.3, -0.25) is 4.79 Å². The number of halogens is 2. The Bertz CT molecular complexity index is 799. The number of aromatic nitrogens is 1. The summed E-state index contributed by atoms with van der Waals surface area (Å²) < 4.78 is 20.9. The number of pyridine rings is 1. The van der Waals surface area contributed by atoms with Crippen LogP contribution in [0, 0.1) is 11.7 Å². The highest BCUT2D eigenvalue weighted by Crippen LogP contribution is 2.44. The number of hydrogen-bond donors (Lipinski definition) is 3. The fourth-order valence-electron chi connectivity index (χ4n) is 2.95. The topological polar surface area (TPSA) is 89.3 Å². The van der Waals surface area contributed by atoms with Crippen molar-refractivity contribution in [3.8, 4) is 11.5 Å². The lowest BCUT2D eigenvalue weighted by atomic mass is 10.00. The molecule has 1 aliphatic carbocycles. The molecule has 6 nitrogen and oxygen atoms in total. The number of nitrogens with zero attached hydrogens (tertiary/aromatic N) is 1. The zero-order valence-corrected chi connectivity index (χ0v) is 15.7. The summed E-state index contributed by atoms with van der Waals surface area (Å²) >= 11 is 6.18. The van der Waals surface area contributed by atoms with Gasteiger partial charge in [0.2, 0.25) is 6.41 Å². The number of benzene rings is 1. The standard InChI is InChI=1S/C19H22ClFN4O2/c1-11(8-23-10-26)25-18(12-2-3-12)14-5-6-15(20)19(17(14)21)27-13-4-7-16(22)24-9-13/h4-7,9-12,18,25H,2-3,8H2,1H3,(H2,22,24)(H,23,26)/t11-,18+/m0/s1. The number of nitrogens with two attached hydrogens (primary N) is 1. The summed E-state index contributed by atoms with van der Waals surface area (Å²) in [5.41, 5.74) is 6.06. The zero-order valence-electron chi connectivity index (χ0n) is 14.9. The van der Waals surface area contributed by atoms with Crippen LogP contribution in [0.25, 0.3) is 0 Å². The molecule has 1 aliphatic rings. The Labute approximate surface area is 162 Å². The van der Waals surface area contributed by atoms with Crippen molar-refractivity contribution in [2.75, 3.05) is 12.3 Å². The van der Waals surface area contributed by atoms with Gasteiger partial charge in [0, 0.05) is 24.2 Å². The summed E-state index contributed by atoms with van der Waals surface area (Å²) in [7, 11) is 0. The molecular formula is C19H22ClFN4O2. The van der Waals surface area contributed by atoms with Gasteiger partial charge in [0.15, 0.2) is 11.6 Å². The normalized spacial score (nSPS) is 15.8. The molecule has 1 amide bonds. The van der Waals surface area contributed by atoms with Crippen molar-refractivity contribution in [1.82, 2.24) is 15.6 Å². The third kappa shape index (κ3) is 4.87. The largest absolute Gasteiger partial charge is 0.451 e. The van der Waals surface area contributed by atoms with Gasteiger partial charge in [-0.2, -0.15) is 0 Å². The highest BCUT2D eigenvalue weighted by atomic mass is 35.5. The van der Waals surface area contributed by atoms with Crippen molar-refractivity contribution >= 4 is 23.8 Å². The molecule has 27 heavy (non-hydrogen) atoms. The van der Waals surface area contributed by atoms with Crippen molar-refractivity contribution in [2.45, 2.75) is 31.8 Å². The molecule has 2 aromatic rings. The lowest BCUT2D eigenvalue weighted by Crippen LogP contribution is -2.39. The third-order valence-corrected chi connectivity index (χ3v) is 4.76. The minimum atomic E-state index is -0.501. The second-order valence-electron chi connectivity index (χ2n) is 6.71. The van der Waals surface area contributed by atoms with Crippen LogP contribution in [0.5, 0.6) is 11.5 Å². The van der Waals surface area contributed by atoms with Crippen LogP contribution in [0.3, 0.4) is 0 Å². The number of carbonyl (C=O) groups excluding carboxylic acids is 1. The molecule has 1 aromatic heterocycles. The van der Waals surface area contributed by atoms with Crippen LogP contribution >= 0.6 is 11.6 Å². The van der Waals surface area contributed by atoms with Crippen molar-refractivity contribution in [1.29, 1.82) is 0 Å². The number of amides is 1. The average Bonchev–Trinajstić information content (AvgIpc) is 3.48. The van der Waals surface area contributed by atoms with Crippen LogP contribution in [0.1, 0.15) is 31.4 Å². The molecule has 1 fully saturated rings. The van der Waals surface area contributed by atoms with Crippen molar-refractivity contribution in [3.05, 3.63) is 46.9 Å². The van der Waals surface area contributed by atoms with E-state index < -0.39 is 5.82 Å². The summed E-state index contributed by atoms with van der Waals surface area (Å²) in [5, 5.41) is 6.22. The fraction of sp³-hybridized carbons (Fsp3) is 0.368. The van der Waals surface area contributed by atoms with Gasteiger partial charge in [0.05, 0.1) is 11.2 Å². The predicted octanol–water partition coefficient (Wildman–Crippen LogP) is 3.42. The maximum Gasteiger partial charge on any atom is 0.207 e. The molecule has 0 spiro atoms. The highest BCUT2D eigenvalue weighted by Gasteiger charge is 2.35. The summed E-state index contributed by atoms with van der Waals surface area (Å²) in [4.78, 5) is 14.4. The van der Waals surface area contributed by atoms with E-state index in [-0.39, 0.29) is 22.9 Å². The molecule has 0 unspecified atom stereocenters. The third-order valence-electron chi connectivity index (χ3n) is 4.46. The van der Waals surface area contributed by atoms with Gasteiger partial charge in [0.1, 0.15) is 11.6 Å². The lowest BCUT2D eigenvalue weighted by Gasteiger charge is -2.25. The van der Waals surface area contributed by atoms with E-state index in [1.165, 1.54) is 6.20 Å². The predicted molar refractivity (Wildman–Crippen MR) is 102 cm³/mol. The van der Waals surface area contributed by atoms with Gasteiger partial charge >= 0.3 is 0 Å². The van der Waals surface area contributed by atoms with Crippen LogP contribution in [0.2, 0.25) is 5.02 Å². The second kappa shape index (κ2) is 8.54. The summed E-state index contributed by atoms with van der Waals surface area (Å²) in [5.74, 6) is 0.497. The molecule has 3 rings (SSSR count). The molecular weight excluding hydrogens is 371 g/mol. The number of rotatable bonds is 9. The Morgan fingerprint density at radius 1 is 1.41 bits per heavy atom. The van der Waals surface area contributed by atoms with E-state index >= 15 is 4.39 Å². The smallest absolute Gasteiger partial charge is 0.207 e.